The molecule has 5 heteroatoms. The van der Waals surface area contributed by atoms with Crippen molar-refractivity contribution in [1.29, 1.82) is 0 Å². The second-order valence-electron chi connectivity index (χ2n) is 2.05. The van der Waals surface area contributed by atoms with Crippen LogP contribution in [0.3, 0.4) is 0 Å². The summed E-state index contributed by atoms with van der Waals surface area (Å²) in [4.78, 5) is 14.4. The van der Waals surface area contributed by atoms with Gasteiger partial charge in [0.15, 0.2) is 0 Å². The smallest absolute Gasteiger partial charge is 0.354 e. The Morgan fingerprint density at radius 3 is 2.67 bits per heavy atom. The number of carbonyl (C=O) groups is 1. The van der Waals surface area contributed by atoms with Crippen LogP contribution in [0.1, 0.15) is 19.9 Å². The number of alkyl halides is 2. The highest BCUT2D eigenvalue weighted by Crippen LogP contribution is 2.27. The highest BCUT2D eigenvalue weighted by molar-refractivity contribution is 9.24. The van der Waals surface area contributed by atoms with Crippen LogP contribution >= 0.6 is 31.9 Å². The SMILES string of the molecule is O=C(O)c1cccc(C(Br)Br)n1. The van der Waals surface area contributed by atoms with Gasteiger partial charge in [-0.25, -0.2) is 9.78 Å². The number of hydrogen-bond acceptors (Lipinski definition) is 2. The van der Waals surface area contributed by atoms with Crippen LogP contribution < -0.4 is 0 Å². The number of carboxylic acids is 1. The van der Waals surface area contributed by atoms with E-state index >= 15 is 0 Å². The molecule has 0 unspecified atom stereocenters. The van der Waals surface area contributed by atoms with Crippen LogP contribution in [0.15, 0.2) is 18.2 Å². The van der Waals surface area contributed by atoms with Crippen LogP contribution in [0, 0.1) is 0 Å². The van der Waals surface area contributed by atoms with E-state index in [9.17, 15) is 4.79 Å². The van der Waals surface area contributed by atoms with Crippen LogP contribution in [0.4, 0.5) is 0 Å². The third kappa shape index (κ3) is 2.28. The van der Waals surface area contributed by atoms with Gasteiger partial charge in [-0.2, -0.15) is 0 Å². The first-order chi connectivity index (χ1) is 5.61. The van der Waals surface area contributed by atoms with Crippen LogP contribution in [-0.4, -0.2) is 16.1 Å². The number of pyridine rings is 1. The average Bonchev–Trinajstić information content (AvgIpc) is 2.04. The topological polar surface area (TPSA) is 50.2 Å². The Morgan fingerprint density at radius 1 is 1.50 bits per heavy atom. The molecular weight excluding hydrogens is 290 g/mol. The molecule has 0 aromatic carbocycles. The Kier molecular flexibility index (Phi) is 3.22. The van der Waals surface area contributed by atoms with E-state index < -0.39 is 5.97 Å². The van der Waals surface area contributed by atoms with Gasteiger partial charge in [-0.05, 0) is 12.1 Å². The van der Waals surface area contributed by atoms with E-state index in [1.54, 1.807) is 12.1 Å². The van der Waals surface area contributed by atoms with E-state index in [2.05, 4.69) is 36.8 Å². The molecule has 64 valence electrons. The van der Waals surface area contributed by atoms with E-state index in [-0.39, 0.29) is 9.43 Å². The monoisotopic (exact) mass is 293 g/mol. The van der Waals surface area contributed by atoms with Crippen molar-refractivity contribution in [2.75, 3.05) is 0 Å². The molecule has 12 heavy (non-hydrogen) atoms. The summed E-state index contributed by atoms with van der Waals surface area (Å²) in [6.45, 7) is 0. The molecule has 0 radical (unpaired) electrons. The van der Waals surface area contributed by atoms with Crippen molar-refractivity contribution in [3.8, 4) is 0 Å². The summed E-state index contributed by atoms with van der Waals surface area (Å²) >= 11 is 6.45. The Bertz CT molecular complexity index is 301. The molecule has 0 saturated heterocycles. The fourth-order valence-electron chi connectivity index (χ4n) is 0.692. The van der Waals surface area contributed by atoms with Gasteiger partial charge >= 0.3 is 5.97 Å². The number of rotatable bonds is 2. The average molecular weight is 295 g/mol. The fourth-order valence-corrected chi connectivity index (χ4v) is 1.20. The van der Waals surface area contributed by atoms with Gasteiger partial charge in [-0.1, -0.05) is 37.9 Å². The van der Waals surface area contributed by atoms with Gasteiger partial charge in [0.1, 0.15) is 9.43 Å². The number of hydrogen-bond donors (Lipinski definition) is 1. The van der Waals surface area contributed by atoms with E-state index in [1.807, 2.05) is 0 Å². The van der Waals surface area contributed by atoms with Crippen LogP contribution in [-0.2, 0) is 0 Å². The summed E-state index contributed by atoms with van der Waals surface area (Å²) in [6, 6.07) is 4.84. The molecular formula is C7H5Br2NO2. The second-order valence-corrected chi connectivity index (χ2v) is 5.11. The molecule has 0 aliphatic heterocycles. The zero-order valence-corrected chi connectivity index (χ0v) is 9.04. The van der Waals surface area contributed by atoms with Crippen LogP contribution in [0.25, 0.3) is 0 Å². The molecule has 1 aromatic rings. The number of carboxylic acid groups (broad SMARTS) is 1. The zero-order valence-electron chi connectivity index (χ0n) is 5.87. The first-order valence-corrected chi connectivity index (χ1v) is 4.93. The maximum Gasteiger partial charge on any atom is 0.354 e. The molecule has 1 aromatic heterocycles. The molecule has 0 aliphatic carbocycles. The molecule has 1 heterocycles. The normalized spacial score (nSPS) is 10.2. The highest BCUT2D eigenvalue weighted by Gasteiger charge is 2.08. The lowest BCUT2D eigenvalue weighted by Gasteiger charge is -2.00. The summed E-state index contributed by atoms with van der Waals surface area (Å²) in [5.41, 5.74) is 0.700. The second kappa shape index (κ2) is 4.00. The predicted molar refractivity (Wildman–Crippen MR) is 51.8 cm³/mol. The van der Waals surface area contributed by atoms with Gasteiger partial charge in [0.05, 0.1) is 5.69 Å². The molecule has 0 fully saturated rings. The van der Waals surface area contributed by atoms with E-state index in [1.165, 1.54) is 6.07 Å². The maximum absolute atomic E-state index is 10.5. The Morgan fingerprint density at radius 2 is 2.17 bits per heavy atom. The lowest BCUT2D eigenvalue weighted by molar-refractivity contribution is 0.0690. The maximum atomic E-state index is 10.5. The van der Waals surface area contributed by atoms with Crippen molar-refractivity contribution in [2.45, 2.75) is 3.74 Å². The van der Waals surface area contributed by atoms with Gasteiger partial charge in [-0.15, -0.1) is 0 Å². The lowest BCUT2D eigenvalue weighted by Crippen LogP contribution is -2.01. The van der Waals surface area contributed by atoms with Gasteiger partial charge in [-0.3, -0.25) is 0 Å². The van der Waals surface area contributed by atoms with Crippen molar-refractivity contribution in [3.05, 3.63) is 29.6 Å². The quantitative estimate of drug-likeness (QED) is 0.853. The Balaban J connectivity index is 3.04. The fraction of sp³-hybridized carbons (Fsp3) is 0.143. The predicted octanol–water partition coefficient (Wildman–Crippen LogP) is 2.57. The number of halogens is 2. The Hall–Kier alpha value is -0.420. The molecule has 3 nitrogen and oxygen atoms in total. The van der Waals surface area contributed by atoms with Crippen molar-refractivity contribution in [1.82, 2.24) is 4.98 Å². The first kappa shape index (κ1) is 9.67. The minimum absolute atomic E-state index is 0.0522. The molecule has 0 spiro atoms. The number of aromatic carboxylic acids is 1. The summed E-state index contributed by atoms with van der Waals surface area (Å²) < 4.78 is -0.107. The van der Waals surface area contributed by atoms with Crippen LogP contribution in [0.5, 0.6) is 0 Å². The third-order valence-corrected chi connectivity index (χ3v) is 2.15. The van der Waals surface area contributed by atoms with Crippen molar-refractivity contribution in [3.63, 3.8) is 0 Å². The molecule has 0 saturated carbocycles. The standard InChI is InChI=1S/C7H5Br2NO2/c8-6(9)4-2-1-3-5(10-4)7(11)12/h1-3,6H,(H,11,12). The van der Waals surface area contributed by atoms with Crippen molar-refractivity contribution < 1.29 is 9.90 Å². The van der Waals surface area contributed by atoms with Crippen molar-refractivity contribution >= 4 is 37.8 Å². The van der Waals surface area contributed by atoms with Crippen molar-refractivity contribution in [2.24, 2.45) is 0 Å². The van der Waals surface area contributed by atoms with Gasteiger partial charge < -0.3 is 5.11 Å². The molecule has 0 amide bonds. The molecule has 0 bridgehead atoms. The summed E-state index contributed by atoms with van der Waals surface area (Å²) in [6.07, 6.45) is 0. The van der Waals surface area contributed by atoms with E-state index in [0.717, 1.165) is 0 Å². The third-order valence-electron chi connectivity index (χ3n) is 1.21. The van der Waals surface area contributed by atoms with E-state index in [4.69, 9.17) is 5.11 Å². The zero-order chi connectivity index (χ0) is 9.14. The Labute approximate surface area is 86.1 Å². The van der Waals surface area contributed by atoms with Gasteiger partial charge in [0.25, 0.3) is 0 Å². The highest BCUT2D eigenvalue weighted by atomic mass is 79.9. The largest absolute Gasteiger partial charge is 0.477 e. The van der Waals surface area contributed by atoms with E-state index in [0.29, 0.717) is 5.69 Å². The summed E-state index contributed by atoms with van der Waals surface area (Å²) in [5.74, 6) is -1.02. The molecule has 0 aliphatic rings. The van der Waals surface area contributed by atoms with Crippen LogP contribution in [0.2, 0.25) is 0 Å². The minimum Gasteiger partial charge on any atom is -0.477 e. The van der Waals surface area contributed by atoms with Gasteiger partial charge in [0, 0.05) is 0 Å². The summed E-state index contributed by atoms with van der Waals surface area (Å²) in [5, 5.41) is 8.60. The first-order valence-electron chi connectivity index (χ1n) is 3.09. The summed E-state index contributed by atoms with van der Waals surface area (Å²) in [7, 11) is 0. The minimum atomic E-state index is -1.02. The number of nitrogens with zero attached hydrogens (tertiary/aromatic N) is 1. The molecule has 1 N–H and O–H groups in total. The lowest BCUT2D eigenvalue weighted by atomic mass is 10.3. The number of aromatic nitrogens is 1. The molecule has 1 rings (SSSR count). The molecule has 0 atom stereocenters. The van der Waals surface area contributed by atoms with Gasteiger partial charge in [0.2, 0.25) is 0 Å².